The minimum Gasteiger partial charge on any atom is -0.394 e. The summed E-state index contributed by atoms with van der Waals surface area (Å²) in [5.41, 5.74) is 0. The van der Waals surface area contributed by atoms with E-state index in [4.69, 9.17) is 18.9 Å². The lowest BCUT2D eigenvalue weighted by atomic mass is 9.97. The lowest BCUT2D eigenvalue weighted by Crippen LogP contribution is -2.65. The van der Waals surface area contributed by atoms with Gasteiger partial charge in [0.25, 0.3) is 0 Å². The Hall–Kier alpha value is -1.53. The van der Waals surface area contributed by atoms with Crippen LogP contribution in [0.15, 0.2) is 24.3 Å². The maximum absolute atomic E-state index is 13.3. The summed E-state index contributed by atoms with van der Waals surface area (Å²) in [5, 5.41) is 87.3. The molecule has 2 saturated heterocycles. The molecule has 2 fully saturated rings. The fourth-order valence-electron chi connectivity index (χ4n) is 11.4. The zero-order chi connectivity index (χ0) is 58.8. The van der Waals surface area contributed by atoms with Crippen LogP contribution in [0.4, 0.5) is 0 Å². The van der Waals surface area contributed by atoms with Gasteiger partial charge in [-0.2, -0.15) is 0 Å². The van der Waals surface area contributed by atoms with Crippen molar-refractivity contribution < 1.29 is 64.6 Å². The van der Waals surface area contributed by atoms with Crippen molar-refractivity contribution >= 4 is 5.91 Å². The number of carbonyl (C=O) groups is 1. The third kappa shape index (κ3) is 37.6. The van der Waals surface area contributed by atoms with Gasteiger partial charge in [0.05, 0.1) is 32.0 Å². The molecule has 2 aliphatic rings. The number of ether oxygens (including phenoxy) is 4. The summed E-state index contributed by atoms with van der Waals surface area (Å²) in [6, 6.07) is -0.929. The van der Waals surface area contributed by atoms with Crippen LogP contribution in [0.25, 0.3) is 0 Å². The van der Waals surface area contributed by atoms with Crippen LogP contribution in [0.1, 0.15) is 303 Å². The molecule has 0 radical (unpaired) electrons. The summed E-state index contributed by atoms with van der Waals surface area (Å²) in [6.45, 7) is 2.83. The van der Waals surface area contributed by atoms with E-state index in [1.54, 1.807) is 6.08 Å². The normalized spacial score (nSPS) is 24.2. The molecule has 478 valence electrons. The molecule has 0 aliphatic carbocycles. The Morgan fingerprint density at radius 2 is 0.790 bits per heavy atom. The maximum Gasteiger partial charge on any atom is 0.220 e. The van der Waals surface area contributed by atoms with Crippen LogP contribution in [0, 0.1) is 0 Å². The Labute approximate surface area is 494 Å². The number of nitrogens with one attached hydrogen (secondary N) is 1. The van der Waals surface area contributed by atoms with E-state index in [2.05, 4.69) is 31.3 Å². The number of rotatable bonds is 56. The van der Waals surface area contributed by atoms with E-state index in [0.717, 1.165) is 32.1 Å². The summed E-state index contributed by atoms with van der Waals surface area (Å²) >= 11 is 0. The molecule has 0 saturated carbocycles. The Balaban J connectivity index is 1.71. The standard InChI is InChI=1S/C67H127NO13/c1-3-5-7-9-11-13-15-17-19-21-23-25-27-29-31-33-35-37-39-41-43-45-47-49-51-59(72)68-55(54-78-66-64(77)62(75)65(58(53-70)80-66)81-67-63(76)61(74)60(73)57(52-69)79-67)56(71)50-48-46-44-42-40-38-36-34-32-30-28-26-24-22-20-18-16-14-12-10-8-6-4-2/h40,42,48,50,55-58,60-67,69-71,73-77H,3-39,41,43-47,49,51-54H2,1-2H3,(H,68,72)/b42-40+,50-48+. The molecule has 0 bridgehead atoms. The van der Waals surface area contributed by atoms with Crippen molar-refractivity contribution in [2.75, 3.05) is 19.8 Å². The average Bonchev–Trinajstić information content (AvgIpc) is 3.47. The van der Waals surface area contributed by atoms with Gasteiger partial charge >= 0.3 is 0 Å². The minimum absolute atomic E-state index is 0.242. The van der Waals surface area contributed by atoms with Gasteiger partial charge < -0.3 is 65.1 Å². The number of amides is 1. The number of aliphatic hydroxyl groups excluding tert-OH is 8. The highest BCUT2D eigenvalue weighted by Crippen LogP contribution is 2.30. The number of aliphatic hydroxyl groups is 8. The van der Waals surface area contributed by atoms with Gasteiger partial charge in [-0.25, -0.2) is 0 Å². The van der Waals surface area contributed by atoms with Crippen LogP contribution >= 0.6 is 0 Å². The Morgan fingerprint density at radius 1 is 0.432 bits per heavy atom. The predicted molar refractivity (Wildman–Crippen MR) is 328 cm³/mol. The number of carbonyl (C=O) groups excluding carboxylic acids is 1. The van der Waals surface area contributed by atoms with Crippen LogP contribution in [0.2, 0.25) is 0 Å². The van der Waals surface area contributed by atoms with Crippen molar-refractivity contribution in [2.24, 2.45) is 0 Å². The van der Waals surface area contributed by atoms with Gasteiger partial charge in [0.2, 0.25) is 5.91 Å². The first-order chi connectivity index (χ1) is 39.6. The van der Waals surface area contributed by atoms with E-state index >= 15 is 0 Å². The van der Waals surface area contributed by atoms with Gasteiger partial charge in [-0.3, -0.25) is 4.79 Å². The summed E-state index contributed by atoms with van der Waals surface area (Å²) in [5.74, 6) is -0.242. The highest BCUT2D eigenvalue weighted by atomic mass is 16.7. The van der Waals surface area contributed by atoms with Gasteiger partial charge in [0.1, 0.15) is 48.8 Å². The van der Waals surface area contributed by atoms with E-state index in [-0.39, 0.29) is 18.9 Å². The highest BCUT2D eigenvalue weighted by Gasteiger charge is 2.51. The summed E-state index contributed by atoms with van der Waals surface area (Å²) < 4.78 is 22.8. The second-order valence-electron chi connectivity index (χ2n) is 24.3. The van der Waals surface area contributed by atoms with Gasteiger partial charge in [-0.1, -0.05) is 289 Å². The SMILES string of the molecule is CCCCCCCCCCCCCCCCCCC/C=C/CC/C=C/C(O)C(COC1OC(CO)C(OC2OC(CO)C(O)C(O)C2O)C(O)C1O)NC(=O)CCCCCCCCCCCCCCCCCCCCCCCCCC. The zero-order valence-electron chi connectivity index (χ0n) is 51.8. The largest absolute Gasteiger partial charge is 0.394 e. The number of hydrogen-bond donors (Lipinski definition) is 9. The Kier molecular flexibility index (Phi) is 49.2. The second-order valence-corrected chi connectivity index (χ2v) is 24.3. The smallest absolute Gasteiger partial charge is 0.220 e. The first-order valence-electron chi connectivity index (χ1n) is 34.1. The van der Waals surface area contributed by atoms with Crippen LogP contribution in [-0.2, 0) is 23.7 Å². The van der Waals surface area contributed by atoms with Gasteiger partial charge in [-0.05, 0) is 32.1 Å². The van der Waals surface area contributed by atoms with Crippen LogP contribution in [0.5, 0.6) is 0 Å². The Bertz CT molecular complexity index is 1450. The molecule has 0 aromatic rings. The molecule has 0 aromatic carbocycles. The van der Waals surface area contributed by atoms with Gasteiger partial charge in [-0.15, -0.1) is 0 Å². The Morgan fingerprint density at radius 3 is 1.21 bits per heavy atom. The van der Waals surface area contributed by atoms with Crippen LogP contribution in [0.3, 0.4) is 0 Å². The van der Waals surface area contributed by atoms with Crippen molar-refractivity contribution in [1.82, 2.24) is 5.32 Å². The molecular weight excluding hydrogens is 1030 g/mol. The van der Waals surface area contributed by atoms with E-state index in [1.165, 1.54) is 238 Å². The van der Waals surface area contributed by atoms with Crippen LogP contribution in [-0.4, -0.2) is 140 Å². The second kappa shape index (κ2) is 52.8. The first-order valence-corrected chi connectivity index (χ1v) is 34.1. The topological polar surface area (TPSA) is 228 Å². The third-order valence-electron chi connectivity index (χ3n) is 16.9. The quantitative estimate of drug-likeness (QED) is 0.0204. The molecule has 2 aliphatic heterocycles. The molecule has 12 atom stereocenters. The van der Waals surface area contributed by atoms with Crippen molar-refractivity contribution in [3.63, 3.8) is 0 Å². The molecule has 14 nitrogen and oxygen atoms in total. The molecule has 12 unspecified atom stereocenters. The fourth-order valence-corrected chi connectivity index (χ4v) is 11.4. The van der Waals surface area contributed by atoms with Gasteiger partial charge in [0, 0.05) is 6.42 Å². The predicted octanol–water partition coefficient (Wildman–Crippen LogP) is 13.2. The van der Waals surface area contributed by atoms with Crippen molar-refractivity contribution in [3.8, 4) is 0 Å². The number of unbranched alkanes of at least 4 members (excludes halogenated alkanes) is 41. The van der Waals surface area contributed by atoms with E-state index in [1.807, 2.05) is 6.08 Å². The molecule has 2 rings (SSSR count). The molecular formula is C67H127NO13. The minimum atomic E-state index is -1.79. The zero-order valence-corrected chi connectivity index (χ0v) is 51.8. The van der Waals surface area contributed by atoms with E-state index in [9.17, 15) is 45.6 Å². The molecule has 0 spiro atoms. The maximum atomic E-state index is 13.3. The highest BCUT2D eigenvalue weighted by molar-refractivity contribution is 5.76. The van der Waals surface area contributed by atoms with Crippen molar-refractivity contribution in [1.29, 1.82) is 0 Å². The molecule has 2 heterocycles. The van der Waals surface area contributed by atoms with Crippen molar-refractivity contribution in [3.05, 3.63) is 24.3 Å². The monoisotopic (exact) mass is 1150 g/mol. The van der Waals surface area contributed by atoms with Gasteiger partial charge in [0.15, 0.2) is 12.6 Å². The summed E-state index contributed by atoms with van der Waals surface area (Å²) in [4.78, 5) is 13.3. The lowest BCUT2D eigenvalue weighted by Gasteiger charge is -2.46. The third-order valence-corrected chi connectivity index (χ3v) is 16.9. The fraction of sp³-hybridized carbons (Fsp3) is 0.925. The molecule has 1 amide bonds. The summed E-state index contributed by atoms with van der Waals surface area (Å²) in [6.07, 6.45) is 48.0. The molecule has 14 heteroatoms. The molecule has 81 heavy (non-hydrogen) atoms. The lowest BCUT2D eigenvalue weighted by molar-refractivity contribution is -0.359. The van der Waals surface area contributed by atoms with Crippen LogP contribution < -0.4 is 5.32 Å². The average molecular weight is 1150 g/mol. The van der Waals surface area contributed by atoms with E-state index in [0.29, 0.717) is 12.8 Å². The summed E-state index contributed by atoms with van der Waals surface area (Å²) in [7, 11) is 0. The van der Waals surface area contributed by atoms with E-state index < -0.39 is 86.8 Å². The number of allylic oxidation sites excluding steroid dienone is 3. The molecule has 9 N–H and O–H groups in total. The van der Waals surface area contributed by atoms with Crippen molar-refractivity contribution in [2.45, 2.75) is 376 Å². The number of hydrogen-bond acceptors (Lipinski definition) is 13. The first kappa shape index (κ1) is 75.6. The molecule has 0 aromatic heterocycles.